The van der Waals surface area contributed by atoms with E-state index in [1.54, 1.807) is 9.80 Å². The van der Waals surface area contributed by atoms with Crippen LogP contribution >= 0.6 is 0 Å². The molecular weight excluding hydrogens is 404 g/mol. The number of hydrogen-bond acceptors (Lipinski definition) is 4. The van der Waals surface area contributed by atoms with Crippen LogP contribution in [0, 0.1) is 18.8 Å². The molecule has 1 unspecified atom stereocenters. The third kappa shape index (κ3) is 5.31. The van der Waals surface area contributed by atoms with E-state index in [0.717, 1.165) is 30.0 Å². The lowest BCUT2D eigenvalue weighted by molar-refractivity contribution is -0.141. The van der Waals surface area contributed by atoms with E-state index >= 15 is 0 Å². The zero-order valence-corrected chi connectivity index (χ0v) is 19.4. The molecule has 2 heterocycles. The fourth-order valence-corrected chi connectivity index (χ4v) is 5.12. The summed E-state index contributed by atoms with van der Waals surface area (Å²) in [6.07, 6.45) is 5.09. The lowest BCUT2D eigenvalue weighted by Crippen LogP contribution is -2.53. The SMILES string of the molecule is Cc1ccc(N2CCC(C(=O)N3CCN(CC(=O)NC4CCC(C)CC4)CC3)C2=O)cc1. The zero-order chi connectivity index (χ0) is 22.7. The number of carbonyl (C=O) groups is 3. The van der Waals surface area contributed by atoms with Crippen molar-refractivity contribution in [2.45, 2.75) is 52.0 Å². The molecule has 2 aliphatic heterocycles. The molecule has 3 amide bonds. The summed E-state index contributed by atoms with van der Waals surface area (Å²) in [4.78, 5) is 44.0. The lowest BCUT2D eigenvalue weighted by atomic mass is 9.87. The number of rotatable bonds is 5. The largest absolute Gasteiger partial charge is 0.352 e. The quantitative estimate of drug-likeness (QED) is 0.713. The Morgan fingerprint density at radius 2 is 1.59 bits per heavy atom. The second-order valence-corrected chi connectivity index (χ2v) is 9.79. The monoisotopic (exact) mass is 440 g/mol. The predicted octanol–water partition coefficient (Wildman–Crippen LogP) is 2.19. The molecule has 0 radical (unpaired) electrons. The van der Waals surface area contributed by atoms with Gasteiger partial charge in [-0.1, -0.05) is 24.6 Å². The van der Waals surface area contributed by atoms with Crippen molar-refractivity contribution < 1.29 is 14.4 Å². The molecule has 174 valence electrons. The molecule has 1 aromatic rings. The number of nitrogens with zero attached hydrogens (tertiary/aromatic N) is 3. The van der Waals surface area contributed by atoms with Gasteiger partial charge in [-0.25, -0.2) is 0 Å². The summed E-state index contributed by atoms with van der Waals surface area (Å²) in [5, 5.41) is 3.18. The van der Waals surface area contributed by atoms with Crippen LogP contribution in [0.25, 0.3) is 0 Å². The summed E-state index contributed by atoms with van der Waals surface area (Å²) in [7, 11) is 0. The van der Waals surface area contributed by atoms with E-state index in [0.29, 0.717) is 51.7 Å². The molecule has 2 saturated heterocycles. The van der Waals surface area contributed by atoms with Crippen LogP contribution in [0.3, 0.4) is 0 Å². The van der Waals surface area contributed by atoms with Crippen molar-refractivity contribution in [1.29, 1.82) is 0 Å². The van der Waals surface area contributed by atoms with Crippen molar-refractivity contribution in [3.63, 3.8) is 0 Å². The van der Waals surface area contributed by atoms with Gasteiger partial charge in [-0.05, 0) is 57.1 Å². The standard InChI is InChI=1S/C25H36N4O3/c1-18-3-7-20(8-4-18)26-23(30)17-27-13-15-28(16-14-27)24(31)22-11-12-29(25(22)32)21-9-5-19(2)6-10-21/h5-6,9-10,18,20,22H,3-4,7-8,11-17H2,1-2H3,(H,26,30). The smallest absolute Gasteiger partial charge is 0.239 e. The highest BCUT2D eigenvalue weighted by Gasteiger charge is 2.40. The van der Waals surface area contributed by atoms with Crippen LogP contribution in [-0.2, 0) is 14.4 Å². The molecule has 7 heteroatoms. The van der Waals surface area contributed by atoms with E-state index in [-0.39, 0.29) is 17.7 Å². The number of amides is 3. The molecular formula is C25H36N4O3. The van der Waals surface area contributed by atoms with Gasteiger partial charge in [-0.3, -0.25) is 19.3 Å². The van der Waals surface area contributed by atoms with Crippen molar-refractivity contribution in [2.75, 3.05) is 44.2 Å². The minimum atomic E-state index is -0.583. The predicted molar refractivity (Wildman–Crippen MR) is 124 cm³/mol. The van der Waals surface area contributed by atoms with Crippen LogP contribution in [-0.4, -0.2) is 72.8 Å². The van der Waals surface area contributed by atoms with Crippen LogP contribution in [0.1, 0.15) is 44.6 Å². The van der Waals surface area contributed by atoms with E-state index in [2.05, 4.69) is 17.1 Å². The molecule has 1 aliphatic carbocycles. The molecule has 0 spiro atoms. The fraction of sp³-hybridized carbons (Fsp3) is 0.640. The zero-order valence-electron chi connectivity index (χ0n) is 19.4. The third-order valence-corrected chi connectivity index (χ3v) is 7.28. The minimum Gasteiger partial charge on any atom is -0.352 e. The van der Waals surface area contributed by atoms with Gasteiger partial charge in [0, 0.05) is 44.5 Å². The number of piperazine rings is 1. The van der Waals surface area contributed by atoms with E-state index in [1.807, 2.05) is 31.2 Å². The van der Waals surface area contributed by atoms with E-state index in [9.17, 15) is 14.4 Å². The van der Waals surface area contributed by atoms with E-state index in [4.69, 9.17) is 0 Å². The van der Waals surface area contributed by atoms with Gasteiger partial charge in [-0.15, -0.1) is 0 Å². The van der Waals surface area contributed by atoms with Crippen molar-refractivity contribution in [2.24, 2.45) is 11.8 Å². The summed E-state index contributed by atoms with van der Waals surface area (Å²) >= 11 is 0. The number of nitrogens with one attached hydrogen (secondary N) is 1. The van der Waals surface area contributed by atoms with Crippen LogP contribution in [0.15, 0.2) is 24.3 Å². The molecule has 0 bridgehead atoms. The number of aryl methyl sites for hydroxylation is 1. The maximum Gasteiger partial charge on any atom is 0.239 e. The first-order valence-electron chi connectivity index (χ1n) is 12.1. The van der Waals surface area contributed by atoms with Gasteiger partial charge in [0.25, 0.3) is 0 Å². The Labute approximate surface area is 191 Å². The highest BCUT2D eigenvalue weighted by molar-refractivity contribution is 6.09. The van der Waals surface area contributed by atoms with E-state index < -0.39 is 5.92 Å². The molecule has 1 atom stereocenters. The molecule has 3 aliphatic rings. The molecule has 4 rings (SSSR count). The first-order valence-corrected chi connectivity index (χ1v) is 12.1. The number of anilines is 1. The van der Waals surface area contributed by atoms with Gasteiger partial charge in [0.1, 0.15) is 5.92 Å². The molecule has 0 aromatic heterocycles. The first kappa shape index (κ1) is 22.8. The van der Waals surface area contributed by atoms with Gasteiger partial charge < -0.3 is 15.1 Å². The van der Waals surface area contributed by atoms with Crippen LogP contribution in [0.4, 0.5) is 5.69 Å². The summed E-state index contributed by atoms with van der Waals surface area (Å²) in [6, 6.07) is 8.17. The summed E-state index contributed by atoms with van der Waals surface area (Å²) < 4.78 is 0. The van der Waals surface area contributed by atoms with Crippen molar-refractivity contribution in [3.05, 3.63) is 29.8 Å². The second kappa shape index (κ2) is 10.0. The topological polar surface area (TPSA) is 73.0 Å². The van der Waals surface area contributed by atoms with Crippen LogP contribution < -0.4 is 10.2 Å². The van der Waals surface area contributed by atoms with Gasteiger partial charge in [0.05, 0.1) is 6.54 Å². The van der Waals surface area contributed by atoms with E-state index in [1.165, 1.54) is 12.8 Å². The summed E-state index contributed by atoms with van der Waals surface area (Å²) in [5.41, 5.74) is 2.01. The van der Waals surface area contributed by atoms with Gasteiger partial charge in [0.2, 0.25) is 17.7 Å². The second-order valence-electron chi connectivity index (χ2n) is 9.79. The molecule has 3 fully saturated rings. The average molecular weight is 441 g/mol. The Kier molecular flexibility index (Phi) is 7.13. The number of carbonyl (C=O) groups excluding carboxylic acids is 3. The fourth-order valence-electron chi connectivity index (χ4n) is 5.12. The van der Waals surface area contributed by atoms with Crippen LogP contribution in [0.2, 0.25) is 0 Å². The first-order chi connectivity index (χ1) is 15.4. The lowest BCUT2D eigenvalue weighted by Gasteiger charge is -2.35. The maximum atomic E-state index is 13.0. The number of benzene rings is 1. The Bertz CT molecular complexity index is 824. The summed E-state index contributed by atoms with van der Waals surface area (Å²) in [6.45, 7) is 7.74. The maximum absolute atomic E-state index is 13.0. The van der Waals surface area contributed by atoms with Crippen molar-refractivity contribution in [3.8, 4) is 0 Å². The molecule has 1 N–H and O–H groups in total. The van der Waals surface area contributed by atoms with Gasteiger partial charge in [0.15, 0.2) is 0 Å². The number of hydrogen-bond donors (Lipinski definition) is 1. The van der Waals surface area contributed by atoms with Crippen LogP contribution in [0.5, 0.6) is 0 Å². The minimum absolute atomic E-state index is 0.0648. The Balaban J connectivity index is 1.22. The Morgan fingerprint density at radius 3 is 2.25 bits per heavy atom. The van der Waals surface area contributed by atoms with Gasteiger partial charge >= 0.3 is 0 Å². The van der Waals surface area contributed by atoms with Gasteiger partial charge in [-0.2, -0.15) is 0 Å². The third-order valence-electron chi connectivity index (χ3n) is 7.28. The molecule has 1 saturated carbocycles. The average Bonchev–Trinajstić information content (AvgIpc) is 3.17. The van der Waals surface area contributed by atoms with Crippen molar-refractivity contribution in [1.82, 2.24) is 15.1 Å². The Morgan fingerprint density at radius 1 is 0.938 bits per heavy atom. The van der Waals surface area contributed by atoms with Crippen molar-refractivity contribution >= 4 is 23.4 Å². The normalized spacial score (nSPS) is 26.9. The highest BCUT2D eigenvalue weighted by atomic mass is 16.2. The highest BCUT2D eigenvalue weighted by Crippen LogP contribution is 2.27. The molecule has 7 nitrogen and oxygen atoms in total. The molecule has 32 heavy (non-hydrogen) atoms. The summed E-state index contributed by atoms with van der Waals surface area (Å²) in [5.74, 6) is 0.112. The Hall–Kier alpha value is -2.41. The molecule has 1 aromatic carbocycles.